The number of allylic oxidation sites excluding steroid dienone is 1. The molecule has 0 atom stereocenters. The zero-order valence-electron chi connectivity index (χ0n) is 12.7. The summed E-state index contributed by atoms with van der Waals surface area (Å²) in [5.74, 6) is 0.371. The minimum absolute atomic E-state index is 0.0165. The lowest BCUT2D eigenvalue weighted by atomic mass is 10.1. The number of benzene rings is 1. The van der Waals surface area contributed by atoms with Crippen LogP contribution in [0.4, 0.5) is 21.6 Å². The molecule has 0 aliphatic rings. The highest BCUT2D eigenvalue weighted by molar-refractivity contribution is 5.65. The van der Waals surface area contributed by atoms with Gasteiger partial charge in [0.25, 0.3) is 0 Å². The van der Waals surface area contributed by atoms with Crippen LogP contribution in [0.5, 0.6) is 0 Å². The fraction of sp³-hybridized carbons (Fsp3) is 0.267. The molecule has 0 unspecified atom stereocenters. The van der Waals surface area contributed by atoms with Crippen LogP contribution >= 0.6 is 0 Å². The Labute approximate surface area is 128 Å². The van der Waals surface area contributed by atoms with Crippen LogP contribution in [0, 0.1) is 11.7 Å². The zero-order valence-corrected chi connectivity index (χ0v) is 12.7. The third-order valence-corrected chi connectivity index (χ3v) is 3.10. The van der Waals surface area contributed by atoms with Gasteiger partial charge in [-0.3, -0.25) is 5.10 Å². The van der Waals surface area contributed by atoms with Crippen molar-refractivity contribution >= 4 is 17.2 Å². The summed E-state index contributed by atoms with van der Waals surface area (Å²) in [7, 11) is 1.75. The van der Waals surface area contributed by atoms with Crippen molar-refractivity contribution in [3.8, 4) is 0 Å². The molecule has 118 valence electrons. The lowest BCUT2D eigenvalue weighted by molar-refractivity contribution is 0.405. The first-order valence-corrected chi connectivity index (χ1v) is 6.95. The summed E-state index contributed by atoms with van der Waals surface area (Å²) in [4.78, 5) is 0. The van der Waals surface area contributed by atoms with Crippen LogP contribution in [-0.2, 0) is 0 Å². The molecule has 0 amide bonds. The Morgan fingerprint density at radius 3 is 2.50 bits per heavy atom. The standard InChI is InChI=1S/C15H20FN5O/c1-9(2)13(19-11-6-4-10(16)5-7-11)15(22)20-12-8-18-21-14(12)17-3/h4-9,19-20,22H,1-3H3,(H2,17,18,21)/b15-13+. The largest absolute Gasteiger partial charge is 0.493 e. The van der Waals surface area contributed by atoms with Gasteiger partial charge in [-0.05, 0) is 30.2 Å². The monoisotopic (exact) mass is 305 g/mol. The van der Waals surface area contributed by atoms with Crippen molar-refractivity contribution in [3.05, 3.63) is 47.9 Å². The van der Waals surface area contributed by atoms with Crippen molar-refractivity contribution in [2.75, 3.05) is 23.0 Å². The molecule has 5 N–H and O–H groups in total. The van der Waals surface area contributed by atoms with Crippen LogP contribution in [0.15, 0.2) is 42.0 Å². The van der Waals surface area contributed by atoms with Gasteiger partial charge in [0.05, 0.1) is 11.9 Å². The Bertz CT molecular complexity index is 648. The maximum absolute atomic E-state index is 13.0. The second-order valence-corrected chi connectivity index (χ2v) is 5.08. The van der Waals surface area contributed by atoms with E-state index in [0.717, 1.165) is 0 Å². The third kappa shape index (κ3) is 3.69. The minimum atomic E-state index is -0.306. The van der Waals surface area contributed by atoms with Gasteiger partial charge in [-0.25, -0.2) is 4.39 Å². The molecule has 0 spiro atoms. The number of aliphatic hydroxyl groups is 1. The molecule has 2 rings (SSSR count). The summed E-state index contributed by atoms with van der Waals surface area (Å²) < 4.78 is 13.0. The van der Waals surface area contributed by atoms with Crippen LogP contribution in [0.3, 0.4) is 0 Å². The van der Waals surface area contributed by atoms with E-state index in [1.54, 1.807) is 25.4 Å². The third-order valence-electron chi connectivity index (χ3n) is 3.10. The van der Waals surface area contributed by atoms with Gasteiger partial charge in [-0.1, -0.05) is 13.8 Å². The quantitative estimate of drug-likeness (QED) is 0.527. The molecule has 0 aliphatic heterocycles. The number of H-pyrrole nitrogens is 1. The molecule has 1 aromatic carbocycles. The number of anilines is 3. The Morgan fingerprint density at radius 2 is 1.91 bits per heavy atom. The number of rotatable bonds is 6. The van der Waals surface area contributed by atoms with E-state index < -0.39 is 0 Å². The van der Waals surface area contributed by atoms with Crippen molar-refractivity contribution in [3.63, 3.8) is 0 Å². The lowest BCUT2D eigenvalue weighted by Crippen LogP contribution is -2.14. The van der Waals surface area contributed by atoms with E-state index in [0.29, 0.717) is 22.9 Å². The molecule has 2 aromatic rings. The number of aromatic amines is 1. The van der Waals surface area contributed by atoms with E-state index in [1.807, 2.05) is 13.8 Å². The average Bonchev–Trinajstić information content (AvgIpc) is 2.93. The van der Waals surface area contributed by atoms with Gasteiger partial charge < -0.3 is 21.1 Å². The highest BCUT2D eigenvalue weighted by atomic mass is 19.1. The molecule has 1 aromatic heterocycles. The van der Waals surface area contributed by atoms with Crippen LogP contribution < -0.4 is 16.0 Å². The van der Waals surface area contributed by atoms with E-state index in [2.05, 4.69) is 26.1 Å². The molecule has 7 heteroatoms. The van der Waals surface area contributed by atoms with Crippen molar-refractivity contribution < 1.29 is 9.50 Å². The fourth-order valence-corrected chi connectivity index (χ4v) is 1.93. The van der Waals surface area contributed by atoms with Crippen molar-refractivity contribution in [1.29, 1.82) is 0 Å². The Morgan fingerprint density at radius 1 is 1.23 bits per heavy atom. The summed E-state index contributed by atoms with van der Waals surface area (Å²) in [6.07, 6.45) is 1.57. The Hall–Kier alpha value is -2.70. The minimum Gasteiger partial charge on any atom is -0.493 e. The summed E-state index contributed by atoms with van der Waals surface area (Å²) >= 11 is 0. The number of nitrogens with zero attached hydrogens (tertiary/aromatic N) is 1. The van der Waals surface area contributed by atoms with E-state index >= 15 is 0 Å². The van der Waals surface area contributed by atoms with Crippen molar-refractivity contribution in [2.45, 2.75) is 13.8 Å². The van der Waals surface area contributed by atoms with Gasteiger partial charge in [0, 0.05) is 12.7 Å². The van der Waals surface area contributed by atoms with Gasteiger partial charge in [0.1, 0.15) is 17.3 Å². The fourth-order valence-electron chi connectivity index (χ4n) is 1.93. The molecule has 0 radical (unpaired) electrons. The predicted molar refractivity (Wildman–Crippen MR) is 86.3 cm³/mol. The summed E-state index contributed by atoms with van der Waals surface area (Å²) in [6.45, 7) is 3.89. The molecular weight excluding hydrogens is 285 g/mol. The first-order chi connectivity index (χ1) is 10.5. The number of aromatic nitrogens is 2. The molecule has 0 bridgehead atoms. The first kappa shape index (κ1) is 15.7. The van der Waals surface area contributed by atoms with Crippen LogP contribution in [0.1, 0.15) is 13.8 Å². The molecular formula is C15H20FN5O. The van der Waals surface area contributed by atoms with E-state index in [4.69, 9.17) is 0 Å². The highest BCUT2D eigenvalue weighted by Gasteiger charge is 2.13. The highest BCUT2D eigenvalue weighted by Crippen LogP contribution is 2.23. The van der Waals surface area contributed by atoms with E-state index in [1.165, 1.54) is 12.1 Å². The molecule has 0 fully saturated rings. The molecule has 22 heavy (non-hydrogen) atoms. The predicted octanol–water partition coefficient (Wildman–Crippen LogP) is 3.50. The average molecular weight is 305 g/mol. The number of hydrogen-bond donors (Lipinski definition) is 5. The summed E-state index contributed by atoms with van der Waals surface area (Å²) in [5.41, 5.74) is 1.91. The smallest absolute Gasteiger partial charge is 0.209 e. The van der Waals surface area contributed by atoms with Crippen LogP contribution in [-0.4, -0.2) is 22.4 Å². The number of halogens is 1. The van der Waals surface area contributed by atoms with Gasteiger partial charge in [0.15, 0.2) is 0 Å². The van der Waals surface area contributed by atoms with E-state index in [9.17, 15) is 9.50 Å². The molecule has 0 aliphatic carbocycles. The van der Waals surface area contributed by atoms with E-state index in [-0.39, 0.29) is 17.6 Å². The zero-order chi connectivity index (χ0) is 16.1. The lowest BCUT2D eigenvalue weighted by Gasteiger charge is -2.17. The molecule has 0 saturated heterocycles. The van der Waals surface area contributed by atoms with Crippen LogP contribution in [0.25, 0.3) is 0 Å². The van der Waals surface area contributed by atoms with Gasteiger partial charge >= 0.3 is 0 Å². The SMILES string of the molecule is CNc1[nH]ncc1N/C(O)=C(\Nc1ccc(F)cc1)C(C)C. The summed E-state index contributed by atoms with van der Waals surface area (Å²) in [5, 5.41) is 25.9. The molecule has 0 saturated carbocycles. The Balaban J connectivity index is 2.23. The van der Waals surface area contributed by atoms with Crippen LogP contribution in [0.2, 0.25) is 0 Å². The maximum atomic E-state index is 13.0. The number of hydrogen-bond acceptors (Lipinski definition) is 5. The van der Waals surface area contributed by atoms with Crippen molar-refractivity contribution in [2.24, 2.45) is 5.92 Å². The van der Waals surface area contributed by atoms with Gasteiger partial charge in [-0.2, -0.15) is 5.10 Å². The van der Waals surface area contributed by atoms with Crippen molar-refractivity contribution in [1.82, 2.24) is 10.2 Å². The second-order valence-electron chi connectivity index (χ2n) is 5.08. The summed E-state index contributed by atoms with van der Waals surface area (Å²) in [6, 6.07) is 5.95. The Kier molecular flexibility index (Phi) is 4.88. The van der Waals surface area contributed by atoms with Gasteiger partial charge in [0.2, 0.25) is 5.88 Å². The maximum Gasteiger partial charge on any atom is 0.209 e. The normalized spacial score (nSPS) is 12.0. The number of aliphatic hydroxyl groups excluding tert-OH is 1. The topological polar surface area (TPSA) is 85.0 Å². The first-order valence-electron chi connectivity index (χ1n) is 6.95. The second kappa shape index (κ2) is 6.84. The molecule has 1 heterocycles. The number of nitrogens with one attached hydrogen (secondary N) is 4. The molecule has 6 nitrogen and oxygen atoms in total. The van der Waals surface area contributed by atoms with Gasteiger partial charge in [-0.15, -0.1) is 0 Å².